The van der Waals surface area contributed by atoms with Gasteiger partial charge in [0.1, 0.15) is 17.7 Å². The van der Waals surface area contributed by atoms with Crippen LogP contribution in [0.2, 0.25) is 0 Å². The molecule has 150 valence electrons. The molecule has 0 aromatic carbocycles. The molecule has 2 aromatic heterocycles. The number of hydrogen-bond donors (Lipinski definition) is 3. The molecule has 3 rings (SSSR count). The van der Waals surface area contributed by atoms with Crippen LogP contribution in [0.5, 0.6) is 11.5 Å². The van der Waals surface area contributed by atoms with Gasteiger partial charge in [0.25, 0.3) is 0 Å². The van der Waals surface area contributed by atoms with Crippen molar-refractivity contribution in [1.29, 1.82) is 0 Å². The molecule has 0 saturated carbocycles. The number of aryl methyl sites for hydroxylation is 2. The molecule has 3 N–H and O–H groups in total. The molecule has 1 aliphatic heterocycles. The van der Waals surface area contributed by atoms with E-state index in [1.54, 1.807) is 32.5 Å². The van der Waals surface area contributed by atoms with E-state index in [9.17, 15) is 15.3 Å². The number of aromatic nitrogens is 2. The molecular weight excluding hydrogens is 360 g/mol. The van der Waals surface area contributed by atoms with E-state index in [1.165, 1.54) is 0 Å². The minimum atomic E-state index is -0.298. The van der Waals surface area contributed by atoms with Crippen molar-refractivity contribution in [3.8, 4) is 11.5 Å². The Kier molecular flexibility index (Phi) is 6.23. The first-order valence-corrected chi connectivity index (χ1v) is 9.21. The van der Waals surface area contributed by atoms with Crippen molar-refractivity contribution in [3.05, 3.63) is 46.0 Å². The van der Waals surface area contributed by atoms with Crippen molar-refractivity contribution in [2.24, 2.45) is 4.99 Å². The molecular formula is C20H26N4O4. The summed E-state index contributed by atoms with van der Waals surface area (Å²) in [5.41, 5.74) is 3.85. The van der Waals surface area contributed by atoms with E-state index in [2.05, 4.69) is 15.0 Å². The fraction of sp³-hybridized carbons (Fsp3) is 0.450. The Balaban J connectivity index is 1.58. The minimum Gasteiger partial charge on any atom is -0.506 e. The summed E-state index contributed by atoms with van der Waals surface area (Å²) in [7, 11) is 1.95. The van der Waals surface area contributed by atoms with E-state index in [4.69, 9.17) is 4.74 Å². The predicted molar refractivity (Wildman–Crippen MR) is 104 cm³/mol. The van der Waals surface area contributed by atoms with E-state index in [-0.39, 0.29) is 24.3 Å². The summed E-state index contributed by atoms with van der Waals surface area (Å²) in [6, 6.07) is 0. The Labute approximate surface area is 164 Å². The first-order chi connectivity index (χ1) is 13.4. The maximum Gasteiger partial charge on any atom is 0.145 e. The van der Waals surface area contributed by atoms with Gasteiger partial charge in [0.15, 0.2) is 0 Å². The Hall–Kier alpha value is -2.55. The Bertz CT molecular complexity index is 885. The SMILES string of the molecule is Cc1ncc(CO)c(C=NCCCN(C)C2OCc3cnc(C)c(O)c32)c1O. The molecule has 8 heteroatoms. The monoisotopic (exact) mass is 386 g/mol. The molecule has 2 aromatic rings. The Morgan fingerprint density at radius 3 is 2.68 bits per heavy atom. The van der Waals surface area contributed by atoms with Gasteiger partial charge in [0.05, 0.1) is 24.6 Å². The molecule has 1 unspecified atom stereocenters. The molecule has 1 atom stereocenters. The number of pyridine rings is 2. The van der Waals surface area contributed by atoms with Crippen LogP contribution in [-0.4, -0.2) is 56.5 Å². The predicted octanol–water partition coefficient (Wildman–Crippen LogP) is 1.97. The highest BCUT2D eigenvalue weighted by Crippen LogP contribution is 2.39. The molecule has 8 nitrogen and oxygen atoms in total. The van der Waals surface area contributed by atoms with Crippen molar-refractivity contribution in [2.45, 2.75) is 39.7 Å². The smallest absolute Gasteiger partial charge is 0.145 e. The molecule has 28 heavy (non-hydrogen) atoms. The van der Waals surface area contributed by atoms with Crippen LogP contribution in [0.4, 0.5) is 0 Å². The molecule has 0 bridgehead atoms. The maximum absolute atomic E-state index is 10.3. The molecule has 0 spiro atoms. The van der Waals surface area contributed by atoms with Gasteiger partial charge in [-0.1, -0.05) is 0 Å². The molecule has 0 aliphatic carbocycles. The highest BCUT2D eigenvalue weighted by Gasteiger charge is 2.30. The lowest BCUT2D eigenvalue weighted by molar-refractivity contribution is -0.0401. The lowest BCUT2D eigenvalue weighted by Gasteiger charge is -2.24. The van der Waals surface area contributed by atoms with Crippen LogP contribution in [0, 0.1) is 13.8 Å². The van der Waals surface area contributed by atoms with Crippen LogP contribution in [0.1, 0.15) is 46.3 Å². The van der Waals surface area contributed by atoms with E-state index < -0.39 is 0 Å². The van der Waals surface area contributed by atoms with E-state index in [0.29, 0.717) is 35.7 Å². The average Bonchev–Trinajstić information content (AvgIpc) is 3.12. The summed E-state index contributed by atoms with van der Waals surface area (Å²) in [5, 5.41) is 29.8. The van der Waals surface area contributed by atoms with Gasteiger partial charge in [-0.2, -0.15) is 0 Å². The summed E-state index contributed by atoms with van der Waals surface area (Å²) < 4.78 is 5.83. The van der Waals surface area contributed by atoms with E-state index in [0.717, 1.165) is 24.1 Å². The van der Waals surface area contributed by atoms with Crippen molar-refractivity contribution in [2.75, 3.05) is 20.1 Å². The summed E-state index contributed by atoms with van der Waals surface area (Å²) in [6.45, 7) is 4.98. The van der Waals surface area contributed by atoms with Crippen molar-refractivity contribution in [1.82, 2.24) is 14.9 Å². The van der Waals surface area contributed by atoms with Gasteiger partial charge in [-0.3, -0.25) is 19.9 Å². The first-order valence-electron chi connectivity index (χ1n) is 9.21. The van der Waals surface area contributed by atoms with Crippen molar-refractivity contribution >= 4 is 6.21 Å². The normalized spacial score (nSPS) is 16.2. The van der Waals surface area contributed by atoms with Gasteiger partial charge in [-0.15, -0.1) is 0 Å². The summed E-state index contributed by atoms with van der Waals surface area (Å²) >= 11 is 0. The second kappa shape index (κ2) is 8.64. The second-order valence-corrected chi connectivity index (χ2v) is 6.95. The number of fused-ring (bicyclic) bond motifs is 1. The van der Waals surface area contributed by atoms with Crippen LogP contribution in [-0.2, 0) is 18.0 Å². The number of aliphatic hydroxyl groups excluding tert-OH is 1. The summed E-state index contributed by atoms with van der Waals surface area (Å²) in [5.74, 6) is 0.243. The lowest BCUT2D eigenvalue weighted by Crippen LogP contribution is -2.26. The van der Waals surface area contributed by atoms with Gasteiger partial charge in [-0.25, -0.2) is 0 Å². The third kappa shape index (κ3) is 3.99. The molecule has 0 radical (unpaired) electrons. The highest BCUT2D eigenvalue weighted by atomic mass is 16.5. The number of aliphatic hydroxyl groups is 1. The molecule has 0 saturated heterocycles. The fourth-order valence-electron chi connectivity index (χ4n) is 3.25. The van der Waals surface area contributed by atoms with Crippen LogP contribution < -0.4 is 0 Å². The highest BCUT2D eigenvalue weighted by molar-refractivity contribution is 5.85. The van der Waals surface area contributed by atoms with E-state index >= 15 is 0 Å². The fourth-order valence-corrected chi connectivity index (χ4v) is 3.25. The topological polar surface area (TPSA) is 111 Å². The zero-order valence-corrected chi connectivity index (χ0v) is 16.4. The second-order valence-electron chi connectivity index (χ2n) is 6.95. The van der Waals surface area contributed by atoms with Crippen LogP contribution >= 0.6 is 0 Å². The summed E-state index contributed by atoms with van der Waals surface area (Å²) in [4.78, 5) is 14.6. The zero-order chi connectivity index (χ0) is 20.3. The third-order valence-electron chi connectivity index (χ3n) is 4.95. The lowest BCUT2D eigenvalue weighted by atomic mass is 10.1. The number of hydrogen-bond acceptors (Lipinski definition) is 8. The Morgan fingerprint density at radius 1 is 1.21 bits per heavy atom. The van der Waals surface area contributed by atoms with Gasteiger partial charge >= 0.3 is 0 Å². The molecule has 0 fully saturated rings. The van der Waals surface area contributed by atoms with Gasteiger partial charge in [-0.05, 0) is 27.3 Å². The Morgan fingerprint density at radius 2 is 1.93 bits per heavy atom. The maximum atomic E-state index is 10.3. The average molecular weight is 386 g/mol. The largest absolute Gasteiger partial charge is 0.506 e. The number of aromatic hydroxyl groups is 2. The van der Waals surface area contributed by atoms with Gasteiger partial charge < -0.3 is 20.1 Å². The van der Waals surface area contributed by atoms with E-state index in [1.807, 2.05) is 11.9 Å². The van der Waals surface area contributed by atoms with Crippen LogP contribution in [0.25, 0.3) is 0 Å². The number of ether oxygens (including phenoxy) is 1. The zero-order valence-electron chi connectivity index (χ0n) is 16.4. The van der Waals surface area contributed by atoms with Gasteiger partial charge in [0.2, 0.25) is 0 Å². The van der Waals surface area contributed by atoms with Crippen molar-refractivity contribution in [3.63, 3.8) is 0 Å². The number of aliphatic imine (C=N–C) groups is 1. The number of rotatable bonds is 7. The van der Waals surface area contributed by atoms with Crippen LogP contribution in [0.3, 0.4) is 0 Å². The van der Waals surface area contributed by atoms with Crippen molar-refractivity contribution < 1.29 is 20.1 Å². The molecule has 0 amide bonds. The first kappa shape index (κ1) is 20.2. The number of nitrogens with zero attached hydrogens (tertiary/aromatic N) is 4. The minimum absolute atomic E-state index is 0.0443. The standard InChI is InChI=1S/C20H26N4O4/c1-12-18(26)16(14(10-25)7-22-12)9-21-5-4-6-24(3)20-17-15(11-28-20)8-23-13(2)19(17)27/h7-9,20,25-27H,4-6,10-11H2,1-3H3. The van der Waals surface area contributed by atoms with Crippen LogP contribution in [0.15, 0.2) is 17.4 Å². The van der Waals surface area contributed by atoms with Gasteiger partial charge in [0, 0.05) is 54.0 Å². The molecule has 3 heterocycles. The third-order valence-corrected chi connectivity index (χ3v) is 4.95. The molecule has 1 aliphatic rings. The quantitative estimate of drug-likeness (QED) is 0.493. The summed E-state index contributed by atoms with van der Waals surface area (Å²) in [6.07, 6.45) is 5.35.